The summed E-state index contributed by atoms with van der Waals surface area (Å²) in [5, 5.41) is 15.1. The molecule has 2 atom stereocenters. The van der Waals surface area contributed by atoms with Crippen LogP contribution in [0.5, 0.6) is 11.5 Å². The summed E-state index contributed by atoms with van der Waals surface area (Å²) in [6.07, 6.45) is 3.39. The number of hydrogen-bond acceptors (Lipinski definition) is 10. The zero-order valence-electron chi connectivity index (χ0n) is 19.9. The van der Waals surface area contributed by atoms with Gasteiger partial charge >= 0.3 is 0 Å². The number of aromatic nitrogens is 3. The summed E-state index contributed by atoms with van der Waals surface area (Å²) in [5.74, 6) is 1.66. The van der Waals surface area contributed by atoms with Crippen LogP contribution in [-0.4, -0.2) is 67.4 Å². The molecule has 2 unspecified atom stereocenters. The second-order valence-corrected chi connectivity index (χ2v) is 10.0. The van der Waals surface area contributed by atoms with Gasteiger partial charge in [-0.05, 0) is 35.6 Å². The molecule has 2 fully saturated rings. The van der Waals surface area contributed by atoms with E-state index in [1.165, 1.54) is 12.0 Å². The number of carbonyl (C=O) groups is 2. The van der Waals surface area contributed by atoms with Gasteiger partial charge in [-0.15, -0.1) is 10.2 Å². The molecule has 2 saturated heterocycles. The Hall–Kier alpha value is -3.77. The van der Waals surface area contributed by atoms with E-state index in [2.05, 4.69) is 30.7 Å². The lowest BCUT2D eigenvalue weighted by Gasteiger charge is -2.22. The second-order valence-electron chi connectivity index (χ2n) is 9.08. The molecule has 2 amide bonds. The van der Waals surface area contributed by atoms with Gasteiger partial charge in [-0.25, -0.2) is 0 Å². The molecule has 6 rings (SSSR count). The molecule has 2 aromatic heterocycles. The number of nitrogens with one attached hydrogen (secondary N) is 2. The van der Waals surface area contributed by atoms with Gasteiger partial charge in [0.05, 0.1) is 38.3 Å². The SMILES string of the molecule is COc1cc2c(cc1OC)C(=O)N(c1nnc(C(=O)Nc3cnccc3N3CC4CNCC4C3)s1)C2. The number of anilines is 3. The van der Waals surface area contributed by atoms with Crippen LogP contribution in [-0.2, 0) is 6.54 Å². The van der Waals surface area contributed by atoms with Crippen molar-refractivity contribution in [1.29, 1.82) is 0 Å². The van der Waals surface area contributed by atoms with E-state index >= 15 is 0 Å². The number of benzene rings is 1. The average Bonchev–Trinajstić information content (AvgIpc) is 3.67. The zero-order valence-corrected chi connectivity index (χ0v) is 20.7. The van der Waals surface area contributed by atoms with Gasteiger partial charge in [0, 0.05) is 37.9 Å². The van der Waals surface area contributed by atoms with Gasteiger partial charge in [0.15, 0.2) is 11.5 Å². The summed E-state index contributed by atoms with van der Waals surface area (Å²) in [4.78, 5) is 34.2. The summed E-state index contributed by atoms with van der Waals surface area (Å²) in [7, 11) is 3.08. The van der Waals surface area contributed by atoms with Crippen molar-refractivity contribution < 1.29 is 19.1 Å². The monoisotopic (exact) mass is 507 g/mol. The summed E-state index contributed by atoms with van der Waals surface area (Å²) < 4.78 is 10.7. The smallest absolute Gasteiger partial charge is 0.286 e. The third-order valence-corrected chi connectivity index (χ3v) is 7.97. The molecular weight excluding hydrogens is 482 g/mol. The molecule has 36 heavy (non-hydrogen) atoms. The lowest BCUT2D eigenvalue weighted by molar-refractivity contribution is 0.0994. The number of pyridine rings is 1. The van der Waals surface area contributed by atoms with Crippen LogP contribution >= 0.6 is 11.3 Å². The van der Waals surface area contributed by atoms with E-state index in [9.17, 15) is 9.59 Å². The quantitative estimate of drug-likeness (QED) is 0.516. The fourth-order valence-electron chi connectivity index (χ4n) is 5.20. The standard InChI is InChI=1S/C24H25N7O4S/c1-34-19-5-13-12-31(23(33)16(13)6-20(19)35-2)24-29-28-22(36-24)21(32)27-17-9-25-4-3-18(17)30-10-14-7-26-8-15(14)11-30/h3-6,9,14-15,26H,7-8,10-12H2,1-2H3,(H,27,32). The fraction of sp³-hybridized carbons (Fsp3) is 0.375. The first-order chi connectivity index (χ1) is 17.6. The van der Waals surface area contributed by atoms with Crippen molar-refractivity contribution in [3.63, 3.8) is 0 Å². The van der Waals surface area contributed by atoms with E-state index in [-0.39, 0.29) is 16.8 Å². The van der Waals surface area contributed by atoms with Crippen LogP contribution in [0.3, 0.4) is 0 Å². The molecule has 0 bridgehead atoms. The highest BCUT2D eigenvalue weighted by Gasteiger charge is 2.37. The number of fused-ring (bicyclic) bond motifs is 2. The maximum absolute atomic E-state index is 13.1. The fourth-order valence-corrected chi connectivity index (χ4v) is 5.93. The first-order valence-electron chi connectivity index (χ1n) is 11.7. The molecule has 0 saturated carbocycles. The number of amides is 2. The van der Waals surface area contributed by atoms with Gasteiger partial charge in [0.1, 0.15) is 0 Å². The number of hydrogen-bond donors (Lipinski definition) is 2. The zero-order chi connectivity index (χ0) is 24.8. The molecule has 0 aliphatic carbocycles. The first-order valence-corrected chi connectivity index (χ1v) is 12.5. The third kappa shape index (κ3) is 3.82. The van der Waals surface area contributed by atoms with Crippen LogP contribution in [0.4, 0.5) is 16.5 Å². The van der Waals surface area contributed by atoms with Crippen molar-refractivity contribution in [1.82, 2.24) is 20.5 Å². The number of methoxy groups -OCH3 is 2. The Labute approximate surface area is 211 Å². The summed E-state index contributed by atoms with van der Waals surface area (Å²) in [6, 6.07) is 5.38. The van der Waals surface area contributed by atoms with Gasteiger partial charge < -0.3 is 25.0 Å². The highest BCUT2D eigenvalue weighted by atomic mass is 32.1. The Balaban J connectivity index is 1.19. The summed E-state index contributed by atoms with van der Waals surface area (Å²) >= 11 is 1.07. The molecule has 5 heterocycles. The van der Waals surface area contributed by atoms with Gasteiger partial charge in [-0.3, -0.25) is 19.5 Å². The van der Waals surface area contributed by atoms with Crippen molar-refractivity contribution in [3.8, 4) is 11.5 Å². The van der Waals surface area contributed by atoms with E-state index in [1.807, 2.05) is 6.07 Å². The Kier molecular flexibility index (Phi) is 5.69. The van der Waals surface area contributed by atoms with E-state index in [0.717, 1.165) is 48.8 Å². The number of rotatable bonds is 6. The largest absolute Gasteiger partial charge is 0.493 e. The molecule has 3 aromatic rings. The predicted molar refractivity (Wildman–Crippen MR) is 134 cm³/mol. The summed E-state index contributed by atoms with van der Waals surface area (Å²) in [6.45, 7) is 4.26. The number of nitrogens with zero attached hydrogens (tertiary/aromatic N) is 5. The third-order valence-electron chi connectivity index (χ3n) is 7.03. The number of carbonyl (C=O) groups excluding carboxylic acids is 2. The van der Waals surface area contributed by atoms with Gasteiger partial charge in [0.25, 0.3) is 11.8 Å². The molecule has 1 aromatic carbocycles. The molecule has 12 heteroatoms. The maximum atomic E-state index is 13.1. The van der Waals surface area contributed by atoms with E-state index in [1.54, 1.807) is 31.6 Å². The Bertz CT molecular complexity index is 1330. The van der Waals surface area contributed by atoms with Crippen molar-refractivity contribution in [3.05, 3.63) is 46.7 Å². The van der Waals surface area contributed by atoms with E-state index in [4.69, 9.17) is 9.47 Å². The van der Waals surface area contributed by atoms with E-state index in [0.29, 0.717) is 46.3 Å². The van der Waals surface area contributed by atoms with Gasteiger partial charge in [-0.1, -0.05) is 11.3 Å². The summed E-state index contributed by atoms with van der Waals surface area (Å²) in [5.41, 5.74) is 2.89. The Morgan fingerprint density at radius 3 is 2.64 bits per heavy atom. The topological polar surface area (TPSA) is 122 Å². The normalized spacial score (nSPS) is 20.4. The van der Waals surface area contributed by atoms with Crippen molar-refractivity contribution in [2.75, 3.05) is 55.5 Å². The molecule has 11 nitrogen and oxygen atoms in total. The minimum atomic E-state index is -0.387. The van der Waals surface area contributed by atoms with Crippen LogP contribution in [0.25, 0.3) is 0 Å². The minimum Gasteiger partial charge on any atom is -0.493 e. The van der Waals surface area contributed by atoms with Crippen molar-refractivity contribution in [2.45, 2.75) is 6.54 Å². The highest BCUT2D eigenvalue weighted by Crippen LogP contribution is 2.38. The van der Waals surface area contributed by atoms with Crippen LogP contribution in [0.1, 0.15) is 25.7 Å². The number of ether oxygens (including phenoxy) is 2. The van der Waals surface area contributed by atoms with Crippen molar-refractivity contribution in [2.24, 2.45) is 11.8 Å². The molecule has 2 N–H and O–H groups in total. The predicted octanol–water partition coefficient (Wildman–Crippen LogP) is 2.02. The lowest BCUT2D eigenvalue weighted by Crippen LogP contribution is -2.26. The molecule has 3 aliphatic heterocycles. The lowest BCUT2D eigenvalue weighted by atomic mass is 10.0. The highest BCUT2D eigenvalue weighted by molar-refractivity contribution is 7.17. The molecule has 186 valence electrons. The van der Waals surface area contributed by atoms with Crippen LogP contribution in [0.15, 0.2) is 30.6 Å². The Morgan fingerprint density at radius 2 is 1.89 bits per heavy atom. The minimum absolute atomic E-state index is 0.168. The molecule has 0 radical (unpaired) electrons. The molecule has 3 aliphatic rings. The maximum Gasteiger partial charge on any atom is 0.286 e. The van der Waals surface area contributed by atoms with Crippen molar-refractivity contribution >= 4 is 39.7 Å². The van der Waals surface area contributed by atoms with Gasteiger partial charge in [0.2, 0.25) is 10.1 Å². The van der Waals surface area contributed by atoms with E-state index < -0.39 is 0 Å². The molecule has 0 spiro atoms. The van der Waals surface area contributed by atoms with Crippen LogP contribution in [0, 0.1) is 11.8 Å². The van der Waals surface area contributed by atoms with Gasteiger partial charge in [-0.2, -0.15) is 0 Å². The Morgan fingerprint density at radius 1 is 1.14 bits per heavy atom. The van der Waals surface area contributed by atoms with Crippen LogP contribution in [0.2, 0.25) is 0 Å². The average molecular weight is 508 g/mol. The molecular formula is C24H25N7O4S. The second kappa shape index (κ2) is 9.03. The first kappa shape index (κ1) is 22.7. The van der Waals surface area contributed by atoms with Crippen LogP contribution < -0.4 is 29.9 Å².